The van der Waals surface area contributed by atoms with Gasteiger partial charge in [0.15, 0.2) is 0 Å². The maximum Gasteiger partial charge on any atom is 0.254 e. The van der Waals surface area contributed by atoms with Gasteiger partial charge in [-0.15, -0.1) is 0 Å². The summed E-state index contributed by atoms with van der Waals surface area (Å²) in [6, 6.07) is 8.38. The molecule has 0 unspecified atom stereocenters. The molecule has 1 aromatic carbocycles. The van der Waals surface area contributed by atoms with Gasteiger partial charge in [-0.2, -0.15) is 0 Å². The van der Waals surface area contributed by atoms with Crippen molar-refractivity contribution in [1.82, 2.24) is 4.57 Å². The molecule has 0 amide bonds. The molecule has 0 fully saturated rings. The van der Waals surface area contributed by atoms with Crippen molar-refractivity contribution in [2.75, 3.05) is 0 Å². The highest BCUT2D eigenvalue weighted by Gasteiger charge is 2.18. The average molecular weight is 213 g/mol. The number of hydrogen-bond donors (Lipinski definition) is 0. The molecule has 0 radical (unpaired) electrons. The lowest BCUT2D eigenvalue weighted by Gasteiger charge is -2.10. The Morgan fingerprint density at radius 2 is 2.12 bits per heavy atom. The van der Waals surface area contributed by atoms with Crippen LogP contribution in [0.2, 0.25) is 0 Å². The number of para-hydroxylation sites is 1. The maximum absolute atomic E-state index is 12.3. The van der Waals surface area contributed by atoms with Gasteiger partial charge in [0.05, 0.1) is 5.52 Å². The molecule has 3 rings (SSSR count). The Labute approximate surface area is 94.5 Å². The van der Waals surface area contributed by atoms with Gasteiger partial charge < -0.3 is 4.57 Å². The third kappa shape index (κ3) is 1.16. The second-order valence-electron chi connectivity index (χ2n) is 4.82. The van der Waals surface area contributed by atoms with Crippen LogP contribution in [0.3, 0.4) is 0 Å². The fourth-order valence-corrected chi connectivity index (χ4v) is 2.60. The third-order valence-corrected chi connectivity index (χ3v) is 3.45. The largest absolute Gasteiger partial charge is 0.307 e. The quantitative estimate of drug-likeness (QED) is 0.714. The summed E-state index contributed by atoms with van der Waals surface area (Å²) < 4.78 is 1.94. The van der Waals surface area contributed by atoms with E-state index in [2.05, 4.69) is 38.1 Å². The van der Waals surface area contributed by atoms with Crippen molar-refractivity contribution in [2.45, 2.75) is 32.7 Å². The second-order valence-corrected chi connectivity index (χ2v) is 4.82. The minimum atomic E-state index is 0.201. The lowest BCUT2D eigenvalue weighted by Crippen LogP contribution is -2.22. The summed E-state index contributed by atoms with van der Waals surface area (Å²) in [7, 11) is 0. The summed E-state index contributed by atoms with van der Waals surface area (Å²) in [6.07, 6.45) is 0.994. The van der Waals surface area contributed by atoms with Crippen molar-refractivity contribution in [1.29, 1.82) is 0 Å². The Kier molecular flexibility index (Phi) is 1.93. The van der Waals surface area contributed by atoms with Crippen LogP contribution >= 0.6 is 0 Å². The number of pyridine rings is 1. The summed E-state index contributed by atoms with van der Waals surface area (Å²) in [5, 5.41) is 1.21. The van der Waals surface area contributed by atoms with E-state index in [0.29, 0.717) is 5.92 Å². The predicted octanol–water partition coefficient (Wildman–Crippen LogP) is 2.68. The van der Waals surface area contributed by atoms with Gasteiger partial charge in [-0.3, -0.25) is 4.79 Å². The zero-order chi connectivity index (χ0) is 11.3. The molecule has 0 saturated heterocycles. The first-order valence-electron chi connectivity index (χ1n) is 5.84. The number of benzene rings is 1. The zero-order valence-corrected chi connectivity index (χ0v) is 9.66. The van der Waals surface area contributed by atoms with Crippen molar-refractivity contribution in [3.8, 4) is 0 Å². The van der Waals surface area contributed by atoms with Gasteiger partial charge in [-0.1, -0.05) is 32.0 Å². The highest BCUT2D eigenvalue weighted by Crippen LogP contribution is 2.25. The molecule has 0 aliphatic carbocycles. The molecular formula is C14H15NO. The van der Waals surface area contributed by atoms with E-state index in [1.165, 1.54) is 10.9 Å². The second kappa shape index (κ2) is 3.21. The van der Waals surface area contributed by atoms with Crippen molar-refractivity contribution < 1.29 is 0 Å². The van der Waals surface area contributed by atoms with Gasteiger partial charge in [-0.25, -0.2) is 0 Å². The molecule has 1 aliphatic heterocycles. The highest BCUT2D eigenvalue weighted by atomic mass is 16.1. The molecule has 16 heavy (non-hydrogen) atoms. The maximum atomic E-state index is 12.3. The third-order valence-electron chi connectivity index (χ3n) is 3.45. The van der Waals surface area contributed by atoms with E-state index in [4.69, 9.17) is 0 Å². The molecule has 0 spiro atoms. The van der Waals surface area contributed by atoms with Crippen LogP contribution in [0.1, 0.15) is 30.9 Å². The molecule has 0 bridgehead atoms. The molecule has 2 nitrogen and oxygen atoms in total. The van der Waals surface area contributed by atoms with E-state index in [9.17, 15) is 4.79 Å². The lowest BCUT2D eigenvalue weighted by molar-refractivity contribution is 0.717. The van der Waals surface area contributed by atoms with Crippen LogP contribution in [0.5, 0.6) is 0 Å². The van der Waals surface area contributed by atoms with Gasteiger partial charge in [-0.05, 0) is 29.4 Å². The molecule has 82 valence electrons. The Hall–Kier alpha value is -1.57. The Morgan fingerprint density at radius 1 is 1.31 bits per heavy atom. The standard InChI is InChI=1S/C14H15NO/c1-9(2)12-8-11-5-3-4-10-6-7-15(13(10)11)14(12)16/h3-5,8-9H,6-7H2,1-2H3. The first kappa shape index (κ1) is 9.64. The smallest absolute Gasteiger partial charge is 0.254 e. The fourth-order valence-electron chi connectivity index (χ4n) is 2.60. The topological polar surface area (TPSA) is 22.0 Å². The summed E-state index contributed by atoms with van der Waals surface area (Å²) in [4.78, 5) is 12.3. The predicted molar refractivity (Wildman–Crippen MR) is 66.0 cm³/mol. The number of aryl methyl sites for hydroxylation is 2. The van der Waals surface area contributed by atoms with E-state index in [0.717, 1.165) is 24.0 Å². The van der Waals surface area contributed by atoms with Gasteiger partial charge in [0.1, 0.15) is 0 Å². The van der Waals surface area contributed by atoms with Crippen LogP contribution in [0, 0.1) is 0 Å². The lowest BCUT2D eigenvalue weighted by atomic mass is 10.0. The Morgan fingerprint density at radius 3 is 2.88 bits per heavy atom. The summed E-state index contributed by atoms with van der Waals surface area (Å²) >= 11 is 0. The molecular weight excluding hydrogens is 198 g/mol. The highest BCUT2D eigenvalue weighted by molar-refractivity contribution is 5.84. The molecule has 2 heteroatoms. The zero-order valence-electron chi connectivity index (χ0n) is 9.66. The molecule has 1 aliphatic rings. The molecule has 2 heterocycles. The number of hydrogen-bond acceptors (Lipinski definition) is 1. The van der Waals surface area contributed by atoms with E-state index in [1.54, 1.807) is 0 Å². The van der Waals surface area contributed by atoms with Gasteiger partial charge in [0, 0.05) is 12.1 Å². The minimum absolute atomic E-state index is 0.201. The van der Waals surface area contributed by atoms with Crippen molar-refractivity contribution in [3.05, 3.63) is 45.7 Å². The van der Waals surface area contributed by atoms with Crippen LogP contribution in [-0.2, 0) is 13.0 Å². The Balaban J connectivity index is 2.48. The van der Waals surface area contributed by atoms with Crippen LogP contribution in [0.25, 0.3) is 10.9 Å². The van der Waals surface area contributed by atoms with E-state index in [-0.39, 0.29) is 5.56 Å². The first-order valence-corrected chi connectivity index (χ1v) is 5.84. The molecule has 2 aromatic rings. The molecule has 1 aromatic heterocycles. The number of aromatic nitrogens is 1. The average Bonchev–Trinajstić information content (AvgIpc) is 2.68. The van der Waals surface area contributed by atoms with E-state index >= 15 is 0 Å². The van der Waals surface area contributed by atoms with Gasteiger partial charge in [0.2, 0.25) is 0 Å². The number of rotatable bonds is 1. The molecule has 0 N–H and O–H groups in total. The van der Waals surface area contributed by atoms with Gasteiger partial charge >= 0.3 is 0 Å². The van der Waals surface area contributed by atoms with Crippen LogP contribution < -0.4 is 5.56 Å². The van der Waals surface area contributed by atoms with Crippen LogP contribution in [-0.4, -0.2) is 4.57 Å². The minimum Gasteiger partial charge on any atom is -0.307 e. The van der Waals surface area contributed by atoms with E-state index in [1.807, 2.05) is 4.57 Å². The fraction of sp³-hybridized carbons (Fsp3) is 0.357. The number of nitrogens with zero attached hydrogens (tertiary/aromatic N) is 1. The van der Waals surface area contributed by atoms with Crippen molar-refractivity contribution in [2.24, 2.45) is 0 Å². The summed E-state index contributed by atoms with van der Waals surface area (Å²) in [5.74, 6) is 0.296. The monoisotopic (exact) mass is 213 g/mol. The van der Waals surface area contributed by atoms with Crippen LogP contribution in [0.4, 0.5) is 0 Å². The molecule has 0 atom stereocenters. The SMILES string of the molecule is CC(C)c1cc2cccc3c2n(c1=O)CC3. The molecule has 0 saturated carbocycles. The summed E-state index contributed by atoms with van der Waals surface area (Å²) in [6.45, 7) is 5.00. The normalized spacial score (nSPS) is 13.9. The summed E-state index contributed by atoms with van der Waals surface area (Å²) in [5.41, 5.74) is 3.60. The van der Waals surface area contributed by atoms with E-state index < -0.39 is 0 Å². The van der Waals surface area contributed by atoms with Crippen molar-refractivity contribution in [3.63, 3.8) is 0 Å². The van der Waals surface area contributed by atoms with Gasteiger partial charge in [0.25, 0.3) is 5.56 Å². The first-order chi connectivity index (χ1) is 7.68. The Bertz CT molecular complexity index is 622. The van der Waals surface area contributed by atoms with Crippen LogP contribution in [0.15, 0.2) is 29.1 Å². The van der Waals surface area contributed by atoms with Crippen molar-refractivity contribution >= 4 is 10.9 Å².